The van der Waals surface area contributed by atoms with Crippen molar-refractivity contribution in [2.24, 2.45) is 0 Å². The van der Waals surface area contributed by atoms with Crippen LogP contribution in [-0.2, 0) is 23.7 Å². The van der Waals surface area contributed by atoms with Crippen molar-refractivity contribution >= 4 is 0 Å². The van der Waals surface area contributed by atoms with Gasteiger partial charge in [0.2, 0.25) is 0 Å². The molecule has 0 radical (unpaired) electrons. The van der Waals surface area contributed by atoms with Gasteiger partial charge in [-0.1, -0.05) is 0 Å². The highest BCUT2D eigenvalue weighted by atomic mass is 19.5. The van der Waals surface area contributed by atoms with Gasteiger partial charge in [-0.3, -0.25) is 23.7 Å². The molecule has 0 aliphatic carbocycles. The zero-order chi connectivity index (χ0) is 53.0. The minimum absolute atomic E-state index is 0.507. The number of alkyl halides is 40. The Morgan fingerprint density at radius 1 is 0.141 bits per heavy atom. The van der Waals surface area contributed by atoms with Crippen LogP contribution in [-0.4, -0.2) is 115 Å². The molecule has 0 spiro atoms. The van der Waals surface area contributed by atoms with Crippen LogP contribution in [0.4, 0.5) is 176 Å². The molecule has 0 heterocycles. The topological polar surface area (TPSA) is 46.2 Å². The molecule has 5 unspecified atom stereocenters. The van der Waals surface area contributed by atoms with Gasteiger partial charge in [0.25, 0.3) is 0 Å². The first kappa shape index (κ1) is 61.0. The molecule has 5 nitrogen and oxygen atoms in total. The maximum Gasteiger partial charge on any atom is 0.462 e. The summed E-state index contributed by atoms with van der Waals surface area (Å²) in [6.45, 7) is 0. The van der Waals surface area contributed by atoms with Gasteiger partial charge in [0.05, 0.1) is 0 Å². The van der Waals surface area contributed by atoms with E-state index < -0.39 is 115 Å². The maximum absolute atomic E-state index is 14.9. The molecule has 0 rings (SSSR count). The molecular formula is C19F40O5. The highest BCUT2D eigenvalue weighted by Crippen LogP contribution is 2.64. The Morgan fingerprint density at radius 2 is 0.266 bits per heavy atom. The van der Waals surface area contributed by atoms with Crippen LogP contribution in [0.15, 0.2) is 0 Å². The summed E-state index contributed by atoms with van der Waals surface area (Å²) in [5.41, 5.74) is 0. The molecule has 0 aromatic carbocycles. The smallest absolute Gasteiger partial charge is 0.265 e. The molecule has 0 bridgehead atoms. The van der Waals surface area contributed by atoms with Crippen LogP contribution in [0.5, 0.6) is 0 Å². The average Bonchev–Trinajstić information content (AvgIpc) is 2.95. The molecule has 5 atom stereocenters. The van der Waals surface area contributed by atoms with Gasteiger partial charge < -0.3 is 0 Å². The van der Waals surface area contributed by atoms with Crippen LogP contribution in [0.1, 0.15) is 0 Å². The van der Waals surface area contributed by atoms with Gasteiger partial charge in [-0.2, -0.15) is 176 Å². The molecule has 0 aromatic rings. The molecule has 0 N–H and O–H groups in total. The lowest BCUT2D eigenvalue weighted by atomic mass is 10.1. The second-order valence-corrected chi connectivity index (χ2v) is 10.7. The molecule has 0 aliphatic rings. The van der Waals surface area contributed by atoms with Crippen molar-refractivity contribution < 1.29 is 199 Å². The van der Waals surface area contributed by atoms with E-state index in [4.69, 9.17) is 0 Å². The number of hydrogen-bond acceptors (Lipinski definition) is 5. The molecule has 0 aromatic heterocycles. The Hall–Kier alpha value is -3.00. The zero-order valence-electron chi connectivity index (χ0n) is 26.7. The summed E-state index contributed by atoms with van der Waals surface area (Å²) in [7, 11) is 0. The third-order valence-corrected chi connectivity index (χ3v) is 6.15. The molecule has 0 aliphatic heterocycles. The van der Waals surface area contributed by atoms with Gasteiger partial charge in [0.1, 0.15) is 0 Å². The van der Waals surface area contributed by atoms with E-state index in [2.05, 4.69) is 0 Å². The lowest BCUT2D eigenvalue weighted by Gasteiger charge is -2.46. The second-order valence-electron chi connectivity index (χ2n) is 10.7. The van der Waals surface area contributed by atoms with E-state index in [1.807, 2.05) is 0 Å². The van der Waals surface area contributed by atoms with Crippen molar-refractivity contribution in [1.29, 1.82) is 0 Å². The van der Waals surface area contributed by atoms with Crippen LogP contribution in [0.3, 0.4) is 0 Å². The van der Waals surface area contributed by atoms with Gasteiger partial charge >= 0.3 is 115 Å². The van der Waals surface area contributed by atoms with Crippen LogP contribution in [0.2, 0.25) is 0 Å². The van der Waals surface area contributed by atoms with Crippen molar-refractivity contribution in [1.82, 2.24) is 0 Å². The summed E-state index contributed by atoms with van der Waals surface area (Å²) in [5.74, 6) is -66.2. The first-order valence-electron chi connectivity index (χ1n) is 12.9. The molecule has 64 heavy (non-hydrogen) atoms. The fraction of sp³-hybridized carbons (Fsp3) is 1.00. The average molecular weight is 1070 g/mol. The van der Waals surface area contributed by atoms with E-state index >= 15 is 0 Å². The maximum atomic E-state index is 14.9. The predicted molar refractivity (Wildman–Crippen MR) is 102 cm³/mol. The van der Waals surface area contributed by atoms with E-state index in [1.54, 1.807) is 0 Å². The normalized spacial score (nSPS) is 20.8. The fourth-order valence-corrected chi connectivity index (χ4v) is 3.00. The number of ether oxygens (including phenoxy) is 5. The molecule has 0 saturated carbocycles. The quantitative estimate of drug-likeness (QED) is 0.144. The van der Waals surface area contributed by atoms with E-state index in [0.717, 1.165) is 0 Å². The summed E-state index contributed by atoms with van der Waals surface area (Å²) < 4.78 is 538. The summed E-state index contributed by atoms with van der Waals surface area (Å²) in [5, 5.41) is 0. The monoisotopic (exact) mass is 1070 g/mol. The van der Waals surface area contributed by atoms with Crippen LogP contribution >= 0.6 is 0 Å². The Kier molecular flexibility index (Phi) is 14.8. The standard InChI is InChI=1S/C19F40O5/c20-1(21,8(29,30)31)15(50,51)62-5(26,12(41,42)43)17(54,55)60-3(24,10(35,36)37)4(25,11(38,39)40)61-18(56,57)7(28,14(47,48)49)64-19(58,59)6(27,13(44,45)46)63-16(52,53)2(22,23)9(32,33)34. The highest BCUT2D eigenvalue weighted by Gasteiger charge is 2.94. The predicted octanol–water partition coefficient (Wildman–Crippen LogP) is 12.6. The Balaban J connectivity index is 8.39. The van der Waals surface area contributed by atoms with Crippen molar-refractivity contribution in [3.05, 3.63) is 0 Å². The highest BCUT2D eigenvalue weighted by molar-refractivity contribution is 5.05. The van der Waals surface area contributed by atoms with Crippen LogP contribution < -0.4 is 0 Å². The van der Waals surface area contributed by atoms with Gasteiger partial charge in [-0.15, -0.1) is 0 Å². The van der Waals surface area contributed by atoms with Gasteiger partial charge in [-0.05, 0) is 0 Å². The second kappa shape index (κ2) is 15.5. The molecule has 0 amide bonds. The molecular weight excluding hydrogens is 1070 g/mol. The molecule has 45 heteroatoms. The Bertz CT molecular complexity index is 1630. The van der Waals surface area contributed by atoms with E-state index in [-0.39, 0.29) is 0 Å². The Morgan fingerprint density at radius 3 is 0.391 bits per heavy atom. The van der Waals surface area contributed by atoms with Gasteiger partial charge in [0.15, 0.2) is 0 Å². The summed E-state index contributed by atoms with van der Waals surface area (Å²) in [6, 6.07) is 0. The lowest BCUT2D eigenvalue weighted by molar-refractivity contribution is -0.604. The first-order valence-corrected chi connectivity index (χ1v) is 12.9. The summed E-state index contributed by atoms with van der Waals surface area (Å²) >= 11 is 0. The van der Waals surface area contributed by atoms with Crippen molar-refractivity contribution in [3.63, 3.8) is 0 Å². The molecule has 386 valence electrons. The third-order valence-electron chi connectivity index (χ3n) is 6.15. The third kappa shape index (κ3) is 9.57. The summed E-state index contributed by atoms with van der Waals surface area (Å²) in [4.78, 5) is 0. The van der Waals surface area contributed by atoms with Crippen molar-refractivity contribution in [2.75, 3.05) is 0 Å². The lowest BCUT2D eigenvalue weighted by Crippen LogP contribution is -2.75. The first-order chi connectivity index (χ1) is 26.8. The van der Waals surface area contributed by atoms with Gasteiger partial charge in [0, 0.05) is 0 Å². The molecule has 0 saturated heterocycles. The van der Waals surface area contributed by atoms with Crippen molar-refractivity contribution in [3.8, 4) is 0 Å². The van der Waals surface area contributed by atoms with E-state index in [1.165, 1.54) is 0 Å². The van der Waals surface area contributed by atoms with E-state index in [9.17, 15) is 176 Å². The van der Waals surface area contributed by atoms with Crippen molar-refractivity contribution in [2.45, 2.75) is 115 Å². The van der Waals surface area contributed by atoms with Gasteiger partial charge in [-0.25, -0.2) is 0 Å². The minimum Gasteiger partial charge on any atom is -0.265 e. The fourth-order valence-electron chi connectivity index (χ4n) is 3.00. The van der Waals surface area contributed by atoms with Crippen LogP contribution in [0, 0.1) is 0 Å². The van der Waals surface area contributed by atoms with Crippen LogP contribution in [0.25, 0.3) is 0 Å². The van der Waals surface area contributed by atoms with E-state index in [0.29, 0.717) is 23.7 Å². The SMILES string of the molecule is FC(F)(F)C(F)(F)C(F)(F)OC(F)(C(F)(F)F)C(F)(F)OC(F)(C(F)(F)F)C(F)(F)OC(F)(C(F)(F)F)C(F)(OC(F)(F)C(F)(OC(F)(F)C(F)(F)C(F)(F)F)C(F)(F)F)C(F)(F)F. The number of halogens is 40. The zero-order valence-corrected chi connectivity index (χ0v) is 26.7. The molecule has 0 fully saturated rings. The number of hydrogen-bond donors (Lipinski definition) is 0. The number of rotatable bonds is 16. The summed E-state index contributed by atoms with van der Waals surface area (Å²) in [6.07, 6.45) is -110. The minimum atomic E-state index is -10.1. The Labute approximate surface area is 315 Å². The largest absolute Gasteiger partial charge is 0.462 e.